The Bertz CT molecular complexity index is 937. The van der Waals surface area contributed by atoms with Gasteiger partial charge in [-0.3, -0.25) is 9.48 Å². The zero-order valence-corrected chi connectivity index (χ0v) is 19.9. The van der Waals surface area contributed by atoms with Crippen molar-refractivity contribution in [3.63, 3.8) is 0 Å². The molecule has 2 aromatic heterocycles. The van der Waals surface area contributed by atoms with Crippen LogP contribution in [-0.2, 0) is 21.4 Å². The van der Waals surface area contributed by atoms with Crippen LogP contribution in [0.3, 0.4) is 0 Å². The number of aromatic nitrogens is 2. The molecular formula is C20H32N4O3S2. The van der Waals surface area contributed by atoms with E-state index in [4.69, 9.17) is 0 Å². The summed E-state index contributed by atoms with van der Waals surface area (Å²) in [5.74, 6) is -0.198. The minimum atomic E-state index is -3.64. The van der Waals surface area contributed by atoms with Crippen LogP contribution in [-0.4, -0.2) is 41.5 Å². The molecule has 0 saturated heterocycles. The van der Waals surface area contributed by atoms with Gasteiger partial charge in [0.15, 0.2) is 0 Å². The molecule has 29 heavy (non-hydrogen) atoms. The first-order chi connectivity index (χ1) is 13.4. The second-order valence-electron chi connectivity index (χ2n) is 8.13. The minimum absolute atomic E-state index is 0.0294. The molecule has 2 aromatic rings. The molecule has 0 aliphatic carbocycles. The van der Waals surface area contributed by atoms with Crippen LogP contribution < -0.4 is 5.32 Å². The van der Waals surface area contributed by atoms with E-state index in [1.807, 2.05) is 17.5 Å². The van der Waals surface area contributed by atoms with Crippen molar-refractivity contribution in [2.75, 3.05) is 13.1 Å². The fraction of sp³-hybridized carbons (Fsp3) is 0.600. The molecule has 0 radical (unpaired) electrons. The summed E-state index contributed by atoms with van der Waals surface area (Å²) in [5, 5.41) is 9.44. The van der Waals surface area contributed by atoms with Crippen LogP contribution >= 0.6 is 11.3 Å². The van der Waals surface area contributed by atoms with Crippen molar-refractivity contribution in [2.45, 2.75) is 65.9 Å². The highest BCUT2D eigenvalue weighted by atomic mass is 32.2. The molecule has 1 N–H and O–H groups in total. The fourth-order valence-electron chi connectivity index (χ4n) is 3.41. The Morgan fingerprint density at radius 2 is 1.90 bits per heavy atom. The number of nitrogens with zero attached hydrogens (tertiary/aromatic N) is 3. The average Bonchev–Trinajstić information content (AvgIpc) is 3.21. The summed E-state index contributed by atoms with van der Waals surface area (Å²) >= 11 is 1.61. The third-order valence-corrected chi connectivity index (χ3v) is 8.15. The van der Waals surface area contributed by atoms with Gasteiger partial charge in [0.2, 0.25) is 15.9 Å². The second kappa shape index (κ2) is 8.97. The number of aryl methyl sites for hydroxylation is 1. The molecule has 0 aliphatic rings. The Morgan fingerprint density at radius 3 is 2.38 bits per heavy atom. The maximum atomic E-state index is 13.0. The second-order valence-corrected chi connectivity index (χ2v) is 11.0. The summed E-state index contributed by atoms with van der Waals surface area (Å²) in [7, 11) is -3.64. The number of carbonyl (C=O) groups is 1. The van der Waals surface area contributed by atoms with E-state index in [0.717, 1.165) is 4.88 Å². The van der Waals surface area contributed by atoms with Crippen molar-refractivity contribution in [3.05, 3.63) is 33.8 Å². The number of rotatable bonds is 8. The molecule has 0 bridgehead atoms. The van der Waals surface area contributed by atoms with E-state index < -0.39 is 10.0 Å². The smallest absolute Gasteiger partial charge is 0.246 e. The predicted molar refractivity (Wildman–Crippen MR) is 116 cm³/mol. The molecule has 0 saturated carbocycles. The zero-order chi connectivity index (χ0) is 22.0. The summed E-state index contributed by atoms with van der Waals surface area (Å²) in [6, 6.07) is 3.85. The van der Waals surface area contributed by atoms with Gasteiger partial charge in [0.1, 0.15) is 11.4 Å². The van der Waals surface area contributed by atoms with Crippen LogP contribution in [0.15, 0.2) is 22.4 Å². The van der Waals surface area contributed by atoms with Gasteiger partial charge in [-0.05, 0) is 30.7 Å². The van der Waals surface area contributed by atoms with Crippen molar-refractivity contribution in [1.82, 2.24) is 19.4 Å². The third kappa shape index (κ3) is 5.07. The van der Waals surface area contributed by atoms with Crippen LogP contribution in [0, 0.1) is 19.3 Å². The van der Waals surface area contributed by atoms with Gasteiger partial charge >= 0.3 is 0 Å². The summed E-state index contributed by atoms with van der Waals surface area (Å²) in [5.41, 5.74) is 0.730. The quantitative estimate of drug-likeness (QED) is 0.681. The van der Waals surface area contributed by atoms with Crippen molar-refractivity contribution in [1.29, 1.82) is 0 Å². The molecule has 1 unspecified atom stereocenters. The number of sulfonamides is 1. The Morgan fingerprint density at radius 1 is 1.28 bits per heavy atom. The molecule has 1 amide bonds. The molecule has 2 rings (SSSR count). The lowest BCUT2D eigenvalue weighted by Gasteiger charge is -2.30. The molecular weight excluding hydrogens is 408 g/mol. The Balaban J connectivity index is 2.28. The lowest BCUT2D eigenvalue weighted by molar-refractivity contribution is -0.123. The molecule has 1 atom stereocenters. The van der Waals surface area contributed by atoms with E-state index in [1.54, 1.807) is 39.0 Å². The van der Waals surface area contributed by atoms with Crippen LogP contribution in [0.25, 0.3) is 0 Å². The lowest BCUT2D eigenvalue weighted by atomic mass is 9.86. The van der Waals surface area contributed by atoms with Crippen LogP contribution in [0.5, 0.6) is 0 Å². The van der Waals surface area contributed by atoms with E-state index in [-0.39, 0.29) is 28.8 Å². The number of carbonyl (C=O) groups excluding carboxylic acids is 1. The minimum Gasteiger partial charge on any atom is -0.346 e. The summed E-state index contributed by atoms with van der Waals surface area (Å²) in [6.07, 6.45) is 0. The number of amides is 1. The van der Waals surface area contributed by atoms with Crippen LogP contribution in [0.4, 0.5) is 0 Å². The SMILES string of the molecule is CCN(CC)S(=O)(=O)c1c(C)nn(CC(=O)NC(c2cccs2)C(C)(C)C)c1C. The topological polar surface area (TPSA) is 84.3 Å². The van der Waals surface area contributed by atoms with Crippen LogP contribution in [0.2, 0.25) is 0 Å². The van der Waals surface area contributed by atoms with E-state index in [9.17, 15) is 13.2 Å². The molecule has 0 aromatic carbocycles. The summed E-state index contributed by atoms with van der Waals surface area (Å²) in [4.78, 5) is 14.1. The maximum Gasteiger partial charge on any atom is 0.246 e. The van der Waals surface area contributed by atoms with E-state index in [1.165, 1.54) is 8.99 Å². The third-order valence-electron chi connectivity index (χ3n) is 4.91. The zero-order valence-electron chi connectivity index (χ0n) is 18.3. The largest absolute Gasteiger partial charge is 0.346 e. The number of hydrogen-bond donors (Lipinski definition) is 1. The van der Waals surface area contributed by atoms with E-state index in [0.29, 0.717) is 24.5 Å². The van der Waals surface area contributed by atoms with Gasteiger partial charge in [-0.25, -0.2) is 8.42 Å². The molecule has 0 spiro atoms. The Labute approximate surface area is 178 Å². The molecule has 0 aliphatic heterocycles. The molecule has 7 nitrogen and oxygen atoms in total. The van der Waals surface area contributed by atoms with Crippen molar-refractivity contribution < 1.29 is 13.2 Å². The number of nitrogens with one attached hydrogen (secondary N) is 1. The first-order valence-electron chi connectivity index (χ1n) is 9.80. The van der Waals surface area contributed by atoms with E-state index >= 15 is 0 Å². The highest BCUT2D eigenvalue weighted by Gasteiger charge is 2.31. The average molecular weight is 441 g/mol. The van der Waals surface area contributed by atoms with Gasteiger partial charge in [-0.1, -0.05) is 40.7 Å². The highest BCUT2D eigenvalue weighted by molar-refractivity contribution is 7.89. The van der Waals surface area contributed by atoms with Crippen molar-refractivity contribution >= 4 is 27.3 Å². The first-order valence-corrected chi connectivity index (χ1v) is 12.1. The molecule has 2 heterocycles. The van der Waals surface area contributed by atoms with Crippen LogP contribution in [0.1, 0.15) is 56.9 Å². The summed E-state index contributed by atoms with van der Waals surface area (Å²) < 4.78 is 28.8. The van der Waals surface area contributed by atoms with Crippen molar-refractivity contribution in [2.24, 2.45) is 5.41 Å². The lowest BCUT2D eigenvalue weighted by Crippen LogP contribution is -2.38. The highest BCUT2D eigenvalue weighted by Crippen LogP contribution is 2.35. The maximum absolute atomic E-state index is 13.0. The predicted octanol–water partition coefficient (Wildman–Crippen LogP) is 3.50. The van der Waals surface area contributed by atoms with Gasteiger partial charge < -0.3 is 5.32 Å². The standard InChI is InChI=1S/C20H32N4O3S2/c1-8-23(9-2)29(26,27)18-14(3)22-24(15(18)4)13-17(25)21-19(20(5,6)7)16-11-10-12-28-16/h10-12,19H,8-9,13H2,1-7H3,(H,21,25). The van der Waals surface area contributed by atoms with Gasteiger partial charge in [0, 0.05) is 18.0 Å². The Kier molecular flexibility index (Phi) is 7.29. The monoisotopic (exact) mass is 440 g/mol. The van der Waals surface area contributed by atoms with Gasteiger partial charge in [-0.2, -0.15) is 9.40 Å². The van der Waals surface area contributed by atoms with Gasteiger partial charge in [0.05, 0.1) is 17.4 Å². The molecule has 162 valence electrons. The Hall–Kier alpha value is -1.71. The number of thiophene rings is 1. The normalized spacial score (nSPS) is 13.7. The van der Waals surface area contributed by atoms with Gasteiger partial charge in [-0.15, -0.1) is 11.3 Å². The first kappa shape index (κ1) is 23.6. The van der Waals surface area contributed by atoms with Crippen molar-refractivity contribution in [3.8, 4) is 0 Å². The van der Waals surface area contributed by atoms with Gasteiger partial charge in [0.25, 0.3) is 0 Å². The van der Waals surface area contributed by atoms with E-state index in [2.05, 4.69) is 31.2 Å². The summed E-state index contributed by atoms with van der Waals surface area (Å²) in [6.45, 7) is 14.0. The number of hydrogen-bond acceptors (Lipinski definition) is 5. The fourth-order valence-corrected chi connectivity index (χ4v) is 6.26. The molecule has 0 fully saturated rings. The molecule has 9 heteroatoms.